The summed E-state index contributed by atoms with van der Waals surface area (Å²) in [6, 6.07) is 4.03. The topological polar surface area (TPSA) is 26.3 Å². The number of halogens is 1. The van der Waals surface area contributed by atoms with Crippen molar-refractivity contribution in [1.29, 1.82) is 0 Å². The van der Waals surface area contributed by atoms with Gasteiger partial charge < -0.3 is 4.74 Å². The minimum absolute atomic E-state index is 0.243. The second-order valence-electron chi connectivity index (χ2n) is 3.30. The lowest BCUT2D eigenvalue weighted by molar-refractivity contribution is 0.0599. The Balaban J connectivity index is 3.27. The van der Waals surface area contributed by atoms with Crippen molar-refractivity contribution in [3.8, 4) is 0 Å². The lowest BCUT2D eigenvalue weighted by atomic mass is 10.0. The molecule has 0 aliphatic carbocycles. The first-order valence-corrected chi connectivity index (χ1v) is 6.11. The molecule has 0 heterocycles. The van der Waals surface area contributed by atoms with Crippen molar-refractivity contribution in [3.63, 3.8) is 0 Å². The standard InChI is InChI=1S/C12H15IO2/c1-4-8-6-9(5-2)11(13)7-10(8)12(14)15-3/h6-7H,4-5H2,1-3H3. The van der Waals surface area contributed by atoms with Crippen LogP contribution in [-0.4, -0.2) is 13.1 Å². The Morgan fingerprint density at radius 2 is 1.87 bits per heavy atom. The van der Waals surface area contributed by atoms with Gasteiger partial charge in [0.25, 0.3) is 0 Å². The predicted octanol–water partition coefficient (Wildman–Crippen LogP) is 3.20. The van der Waals surface area contributed by atoms with E-state index in [9.17, 15) is 4.79 Å². The van der Waals surface area contributed by atoms with Crippen LogP contribution in [0.3, 0.4) is 0 Å². The fourth-order valence-corrected chi connectivity index (χ4v) is 2.38. The highest BCUT2D eigenvalue weighted by Crippen LogP contribution is 2.20. The van der Waals surface area contributed by atoms with Crippen molar-refractivity contribution in [1.82, 2.24) is 0 Å². The van der Waals surface area contributed by atoms with E-state index >= 15 is 0 Å². The minimum Gasteiger partial charge on any atom is -0.465 e. The molecule has 0 N–H and O–H groups in total. The molecule has 82 valence electrons. The molecule has 0 fully saturated rings. The fraction of sp³-hybridized carbons (Fsp3) is 0.417. The molecule has 1 rings (SSSR count). The molecule has 0 saturated carbocycles. The summed E-state index contributed by atoms with van der Waals surface area (Å²) in [6.45, 7) is 4.17. The van der Waals surface area contributed by atoms with Crippen LogP contribution in [0.5, 0.6) is 0 Å². The molecule has 0 atom stereocenters. The maximum atomic E-state index is 11.5. The molecule has 3 heteroatoms. The van der Waals surface area contributed by atoms with Gasteiger partial charge >= 0.3 is 5.97 Å². The second-order valence-corrected chi connectivity index (χ2v) is 4.46. The number of benzene rings is 1. The van der Waals surface area contributed by atoms with Gasteiger partial charge in [0.15, 0.2) is 0 Å². The molecular weight excluding hydrogens is 303 g/mol. The average molecular weight is 318 g/mol. The zero-order valence-electron chi connectivity index (χ0n) is 9.26. The van der Waals surface area contributed by atoms with Crippen LogP contribution in [0.2, 0.25) is 0 Å². The third kappa shape index (κ3) is 2.71. The summed E-state index contributed by atoms with van der Waals surface area (Å²) >= 11 is 2.26. The van der Waals surface area contributed by atoms with Gasteiger partial charge in [-0.1, -0.05) is 19.9 Å². The first-order chi connectivity index (χ1) is 7.13. The highest BCUT2D eigenvalue weighted by molar-refractivity contribution is 14.1. The molecule has 0 spiro atoms. The lowest BCUT2D eigenvalue weighted by Crippen LogP contribution is -2.07. The number of hydrogen-bond acceptors (Lipinski definition) is 2. The maximum Gasteiger partial charge on any atom is 0.338 e. The molecule has 0 unspecified atom stereocenters. The van der Waals surface area contributed by atoms with Crippen LogP contribution in [0.4, 0.5) is 0 Å². The Labute approximate surface area is 104 Å². The Hall–Kier alpha value is -0.580. The largest absolute Gasteiger partial charge is 0.465 e. The number of ether oxygens (including phenoxy) is 1. The Bertz CT molecular complexity index is 372. The normalized spacial score (nSPS) is 10.1. The van der Waals surface area contributed by atoms with Crippen LogP contribution in [0.15, 0.2) is 12.1 Å². The van der Waals surface area contributed by atoms with E-state index < -0.39 is 0 Å². The van der Waals surface area contributed by atoms with Gasteiger partial charge in [-0.15, -0.1) is 0 Å². The monoisotopic (exact) mass is 318 g/mol. The fourth-order valence-electron chi connectivity index (χ4n) is 1.53. The second kappa shape index (κ2) is 5.49. The molecule has 2 nitrogen and oxygen atoms in total. The van der Waals surface area contributed by atoms with E-state index in [2.05, 4.69) is 35.6 Å². The summed E-state index contributed by atoms with van der Waals surface area (Å²) in [7, 11) is 1.42. The van der Waals surface area contributed by atoms with Crippen LogP contribution in [0.1, 0.15) is 35.3 Å². The van der Waals surface area contributed by atoms with Gasteiger partial charge in [0, 0.05) is 3.57 Å². The van der Waals surface area contributed by atoms with Gasteiger partial charge in [-0.05, 0) is 52.6 Å². The first kappa shape index (κ1) is 12.5. The molecule has 0 saturated heterocycles. The van der Waals surface area contributed by atoms with E-state index in [4.69, 9.17) is 4.74 Å². The Morgan fingerprint density at radius 1 is 1.27 bits per heavy atom. The van der Waals surface area contributed by atoms with E-state index in [1.165, 1.54) is 12.7 Å². The Kier molecular flexibility index (Phi) is 4.57. The lowest BCUT2D eigenvalue weighted by Gasteiger charge is -2.10. The molecule has 0 bridgehead atoms. The third-order valence-electron chi connectivity index (χ3n) is 2.44. The average Bonchev–Trinajstić information content (AvgIpc) is 2.27. The molecule has 0 amide bonds. The zero-order valence-corrected chi connectivity index (χ0v) is 11.4. The van der Waals surface area contributed by atoms with Crippen molar-refractivity contribution in [2.75, 3.05) is 7.11 Å². The van der Waals surface area contributed by atoms with Gasteiger partial charge in [-0.2, -0.15) is 0 Å². The number of hydrogen-bond donors (Lipinski definition) is 0. The number of carbonyl (C=O) groups is 1. The van der Waals surface area contributed by atoms with Crippen LogP contribution in [-0.2, 0) is 17.6 Å². The molecule has 0 aliphatic heterocycles. The van der Waals surface area contributed by atoms with Crippen LogP contribution < -0.4 is 0 Å². The van der Waals surface area contributed by atoms with Gasteiger partial charge in [0.1, 0.15) is 0 Å². The van der Waals surface area contributed by atoms with E-state index in [-0.39, 0.29) is 5.97 Å². The number of methoxy groups -OCH3 is 1. The Morgan fingerprint density at radius 3 is 2.33 bits per heavy atom. The predicted molar refractivity (Wildman–Crippen MR) is 69.3 cm³/mol. The smallest absolute Gasteiger partial charge is 0.338 e. The number of rotatable bonds is 3. The van der Waals surface area contributed by atoms with Crippen molar-refractivity contribution in [2.45, 2.75) is 26.7 Å². The summed E-state index contributed by atoms with van der Waals surface area (Å²) in [5, 5.41) is 0. The summed E-state index contributed by atoms with van der Waals surface area (Å²) < 4.78 is 5.90. The summed E-state index contributed by atoms with van der Waals surface area (Å²) in [4.78, 5) is 11.5. The summed E-state index contributed by atoms with van der Waals surface area (Å²) in [5.74, 6) is -0.243. The molecule has 1 aromatic rings. The SMILES string of the molecule is CCc1cc(CC)c(C(=O)OC)cc1I. The molecule has 0 radical (unpaired) electrons. The minimum atomic E-state index is -0.243. The van der Waals surface area contributed by atoms with Gasteiger partial charge in [0.2, 0.25) is 0 Å². The molecule has 15 heavy (non-hydrogen) atoms. The first-order valence-electron chi connectivity index (χ1n) is 5.03. The summed E-state index contributed by atoms with van der Waals surface area (Å²) in [6.07, 6.45) is 1.85. The van der Waals surface area contributed by atoms with Crippen LogP contribution >= 0.6 is 22.6 Å². The van der Waals surface area contributed by atoms with E-state index in [1.54, 1.807) is 0 Å². The summed E-state index contributed by atoms with van der Waals surface area (Å²) in [5.41, 5.74) is 3.06. The van der Waals surface area contributed by atoms with E-state index in [0.717, 1.165) is 22.0 Å². The number of carbonyl (C=O) groups excluding carboxylic acids is 1. The zero-order chi connectivity index (χ0) is 11.4. The van der Waals surface area contributed by atoms with Crippen molar-refractivity contribution in [3.05, 3.63) is 32.4 Å². The highest BCUT2D eigenvalue weighted by atomic mass is 127. The molecular formula is C12H15IO2. The van der Waals surface area contributed by atoms with Crippen LogP contribution in [0, 0.1) is 3.57 Å². The van der Waals surface area contributed by atoms with Crippen molar-refractivity contribution >= 4 is 28.6 Å². The van der Waals surface area contributed by atoms with Crippen LogP contribution in [0.25, 0.3) is 0 Å². The van der Waals surface area contributed by atoms with Gasteiger partial charge in [-0.3, -0.25) is 0 Å². The van der Waals surface area contributed by atoms with Gasteiger partial charge in [0.05, 0.1) is 12.7 Å². The third-order valence-corrected chi connectivity index (χ3v) is 3.44. The maximum absolute atomic E-state index is 11.5. The molecule has 0 aromatic heterocycles. The number of esters is 1. The van der Waals surface area contributed by atoms with Crippen molar-refractivity contribution < 1.29 is 9.53 Å². The molecule has 1 aromatic carbocycles. The molecule has 0 aliphatic rings. The van der Waals surface area contributed by atoms with E-state index in [1.807, 2.05) is 13.0 Å². The quantitative estimate of drug-likeness (QED) is 0.632. The highest BCUT2D eigenvalue weighted by Gasteiger charge is 2.13. The van der Waals surface area contributed by atoms with Crippen molar-refractivity contribution in [2.24, 2.45) is 0 Å². The van der Waals surface area contributed by atoms with E-state index in [0.29, 0.717) is 5.56 Å². The number of aryl methyl sites for hydroxylation is 2. The van der Waals surface area contributed by atoms with Gasteiger partial charge in [-0.25, -0.2) is 4.79 Å².